The Kier molecular flexibility index (Phi) is 5.75. The monoisotopic (exact) mass is 247 g/mol. The average Bonchev–Trinajstić information content (AvgIpc) is 2.39. The van der Waals surface area contributed by atoms with Crippen molar-refractivity contribution in [1.82, 2.24) is 5.32 Å². The minimum atomic E-state index is -0.134. The first-order valence-electron chi connectivity index (χ1n) is 5.78. The molecule has 0 aliphatic rings. The van der Waals surface area contributed by atoms with Crippen molar-refractivity contribution in [3.63, 3.8) is 0 Å². The highest BCUT2D eigenvalue weighted by atomic mass is 16.5. The Balaban J connectivity index is 3.02. The minimum Gasteiger partial charge on any atom is -0.495 e. The Morgan fingerprint density at radius 2 is 2.28 bits per heavy atom. The molecule has 0 bridgehead atoms. The van der Waals surface area contributed by atoms with Gasteiger partial charge in [-0.15, -0.1) is 0 Å². The van der Waals surface area contributed by atoms with Crippen LogP contribution in [-0.2, 0) is 0 Å². The molecule has 0 saturated carbocycles. The highest BCUT2D eigenvalue weighted by molar-refractivity contribution is 5.94. The number of hydrogen-bond donors (Lipinski definition) is 2. The van der Waals surface area contributed by atoms with Gasteiger partial charge in [0.1, 0.15) is 5.75 Å². The lowest BCUT2D eigenvalue weighted by Gasteiger charge is -2.06. The van der Waals surface area contributed by atoms with E-state index in [1.807, 2.05) is 6.92 Å². The molecule has 0 heterocycles. The molecular formula is C14H17NO3. The molecule has 2 N–H and O–H groups in total. The fourth-order valence-electron chi connectivity index (χ4n) is 1.42. The molecule has 0 spiro atoms. The highest BCUT2D eigenvalue weighted by Crippen LogP contribution is 2.18. The van der Waals surface area contributed by atoms with Crippen molar-refractivity contribution in [3.05, 3.63) is 29.3 Å². The van der Waals surface area contributed by atoms with Crippen molar-refractivity contribution in [1.29, 1.82) is 0 Å². The smallest absolute Gasteiger partial charge is 0.251 e. The third kappa shape index (κ3) is 3.79. The van der Waals surface area contributed by atoms with Gasteiger partial charge in [-0.05, 0) is 25.1 Å². The van der Waals surface area contributed by atoms with Gasteiger partial charge in [-0.25, -0.2) is 0 Å². The van der Waals surface area contributed by atoms with Crippen LogP contribution in [0, 0.1) is 11.8 Å². The lowest BCUT2D eigenvalue weighted by Crippen LogP contribution is -2.22. The second kappa shape index (κ2) is 7.36. The number of aliphatic hydroxyl groups excluding tert-OH is 1. The van der Waals surface area contributed by atoms with Crippen molar-refractivity contribution in [3.8, 4) is 17.6 Å². The van der Waals surface area contributed by atoms with Crippen LogP contribution in [0.1, 0.15) is 29.3 Å². The first-order valence-corrected chi connectivity index (χ1v) is 5.78. The zero-order valence-electron chi connectivity index (χ0n) is 10.6. The Morgan fingerprint density at radius 3 is 2.89 bits per heavy atom. The number of carbonyl (C=O) groups excluding carboxylic acids is 1. The van der Waals surface area contributed by atoms with E-state index < -0.39 is 0 Å². The summed E-state index contributed by atoms with van der Waals surface area (Å²) in [5, 5.41) is 11.4. The van der Waals surface area contributed by atoms with Crippen LogP contribution in [-0.4, -0.2) is 31.3 Å². The predicted molar refractivity (Wildman–Crippen MR) is 69.6 cm³/mol. The van der Waals surface area contributed by atoms with Crippen molar-refractivity contribution in [2.75, 3.05) is 20.3 Å². The summed E-state index contributed by atoms with van der Waals surface area (Å²) in [6, 6.07) is 5.10. The molecule has 0 fully saturated rings. The van der Waals surface area contributed by atoms with Crippen LogP contribution in [0.25, 0.3) is 0 Å². The zero-order valence-corrected chi connectivity index (χ0v) is 10.6. The fraction of sp³-hybridized carbons (Fsp3) is 0.357. The van der Waals surface area contributed by atoms with Crippen molar-refractivity contribution >= 4 is 5.91 Å². The van der Waals surface area contributed by atoms with Gasteiger partial charge in [-0.1, -0.05) is 11.8 Å². The summed E-state index contributed by atoms with van der Waals surface area (Å²) >= 11 is 0. The van der Waals surface area contributed by atoms with E-state index in [0.29, 0.717) is 29.8 Å². The molecule has 0 aliphatic carbocycles. The molecule has 1 amide bonds. The SMILES string of the molecule is CCNC(=O)c1ccc(OC)c(C#CCCO)c1. The summed E-state index contributed by atoms with van der Waals surface area (Å²) in [5.74, 6) is 6.19. The van der Waals surface area contributed by atoms with Crippen LogP contribution in [0.5, 0.6) is 5.75 Å². The Labute approximate surface area is 107 Å². The number of rotatable bonds is 4. The van der Waals surface area contributed by atoms with Crippen molar-refractivity contribution < 1.29 is 14.6 Å². The molecule has 4 heteroatoms. The molecule has 4 nitrogen and oxygen atoms in total. The van der Waals surface area contributed by atoms with Gasteiger partial charge < -0.3 is 15.2 Å². The van der Waals surface area contributed by atoms with Gasteiger partial charge in [0.25, 0.3) is 5.91 Å². The molecule has 96 valence electrons. The predicted octanol–water partition coefficient (Wildman–Crippen LogP) is 1.18. The summed E-state index contributed by atoms with van der Waals surface area (Å²) < 4.78 is 5.17. The van der Waals surface area contributed by atoms with E-state index in [4.69, 9.17) is 9.84 Å². The van der Waals surface area contributed by atoms with E-state index in [0.717, 1.165) is 0 Å². The molecule has 0 unspecified atom stereocenters. The van der Waals surface area contributed by atoms with Crippen LogP contribution < -0.4 is 10.1 Å². The summed E-state index contributed by atoms with van der Waals surface area (Å²) in [6.07, 6.45) is 0.397. The third-order valence-electron chi connectivity index (χ3n) is 2.26. The lowest BCUT2D eigenvalue weighted by atomic mass is 10.1. The molecule has 1 aromatic rings. The number of ether oxygens (including phenoxy) is 1. The largest absolute Gasteiger partial charge is 0.495 e. The zero-order chi connectivity index (χ0) is 13.4. The summed E-state index contributed by atoms with van der Waals surface area (Å²) in [4.78, 5) is 11.7. The summed E-state index contributed by atoms with van der Waals surface area (Å²) in [7, 11) is 1.55. The quantitative estimate of drug-likeness (QED) is 0.785. The van der Waals surface area contributed by atoms with Crippen LogP contribution in [0.3, 0.4) is 0 Å². The number of aliphatic hydroxyl groups is 1. The van der Waals surface area contributed by atoms with Crippen LogP contribution >= 0.6 is 0 Å². The molecule has 0 saturated heterocycles. The number of carbonyl (C=O) groups is 1. The standard InChI is InChI=1S/C14H17NO3/c1-3-15-14(17)12-7-8-13(18-2)11(10-12)6-4-5-9-16/h7-8,10,16H,3,5,9H2,1-2H3,(H,15,17). The van der Waals surface area contributed by atoms with Gasteiger partial charge >= 0.3 is 0 Å². The molecule has 18 heavy (non-hydrogen) atoms. The van der Waals surface area contributed by atoms with E-state index in [2.05, 4.69) is 17.2 Å². The molecule has 1 aromatic carbocycles. The molecule has 0 aliphatic heterocycles. The topological polar surface area (TPSA) is 58.6 Å². The van der Waals surface area contributed by atoms with Gasteiger partial charge in [-0.2, -0.15) is 0 Å². The van der Waals surface area contributed by atoms with Crippen LogP contribution in [0.15, 0.2) is 18.2 Å². The van der Waals surface area contributed by atoms with E-state index in [1.54, 1.807) is 25.3 Å². The van der Waals surface area contributed by atoms with Gasteiger partial charge in [0.2, 0.25) is 0 Å². The number of benzene rings is 1. The van der Waals surface area contributed by atoms with Crippen LogP contribution in [0.2, 0.25) is 0 Å². The Bertz CT molecular complexity index is 472. The molecular weight excluding hydrogens is 230 g/mol. The first-order chi connectivity index (χ1) is 8.72. The summed E-state index contributed by atoms with van der Waals surface area (Å²) in [6.45, 7) is 2.46. The molecule has 1 rings (SSSR count). The fourth-order valence-corrected chi connectivity index (χ4v) is 1.42. The average molecular weight is 247 g/mol. The number of amides is 1. The number of methoxy groups -OCH3 is 1. The van der Waals surface area contributed by atoms with Crippen molar-refractivity contribution in [2.24, 2.45) is 0 Å². The van der Waals surface area contributed by atoms with Gasteiger partial charge in [0, 0.05) is 18.5 Å². The highest BCUT2D eigenvalue weighted by Gasteiger charge is 2.07. The van der Waals surface area contributed by atoms with Crippen LogP contribution in [0.4, 0.5) is 0 Å². The van der Waals surface area contributed by atoms with E-state index in [1.165, 1.54) is 0 Å². The number of hydrogen-bond acceptors (Lipinski definition) is 3. The number of nitrogens with one attached hydrogen (secondary N) is 1. The van der Waals surface area contributed by atoms with Gasteiger partial charge in [-0.3, -0.25) is 4.79 Å². The molecule has 0 radical (unpaired) electrons. The Morgan fingerprint density at radius 1 is 1.50 bits per heavy atom. The third-order valence-corrected chi connectivity index (χ3v) is 2.26. The van der Waals surface area contributed by atoms with E-state index in [9.17, 15) is 4.79 Å². The molecule has 0 aromatic heterocycles. The van der Waals surface area contributed by atoms with E-state index in [-0.39, 0.29) is 12.5 Å². The second-order valence-corrected chi connectivity index (χ2v) is 3.55. The maximum atomic E-state index is 11.7. The second-order valence-electron chi connectivity index (χ2n) is 3.55. The van der Waals surface area contributed by atoms with Crippen molar-refractivity contribution in [2.45, 2.75) is 13.3 Å². The molecule has 0 atom stereocenters. The Hall–Kier alpha value is -1.99. The normalized spacial score (nSPS) is 9.28. The van der Waals surface area contributed by atoms with E-state index >= 15 is 0 Å². The lowest BCUT2D eigenvalue weighted by molar-refractivity contribution is 0.0955. The maximum absolute atomic E-state index is 11.7. The summed E-state index contributed by atoms with van der Waals surface area (Å²) in [5.41, 5.74) is 1.20. The first kappa shape index (κ1) is 14.1. The minimum absolute atomic E-state index is 0.0192. The van der Waals surface area contributed by atoms with Gasteiger partial charge in [0.15, 0.2) is 0 Å². The maximum Gasteiger partial charge on any atom is 0.251 e. The van der Waals surface area contributed by atoms with Gasteiger partial charge in [0.05, 0.1) is 19.3 Å².